The van der Waals surface area contributed by atoms with Gasteiger partial charge < -0.3 is 10.0 Å². The molecule has 0 aliphatic carbocycles. The van der Waals surface area contributed by atoms with Gasteiger partial charge in [0.1, 0.15) is 10.8 Å². The van der Waals surface area contributed by atoms with E-state index in [0.717, 1.165) is 11.5 Å². The molecule has 2 heterocycles. The molecule has 1 aliphatic heterocycles. The first-order valence-electron chi connectivity index (χ1n) is 6.58. The van der Waals surface area contributed by atoms with E-state index in [9.17, 15) is 14.7 Å². The van der Waals surface area contributed by atoms with E-state index in [4.69, 9.17) is 0 Å². The second-order valence-electron chi connectivity index (χ2n) is 4.77. The number of amides is 1. The third-order valence-corrected chi connectivity index (χ3v) is 4.35. The highest BCUT2D eigenvalue weighted by atomic mass is 32.1. The molecule has 1 aromatic heterocycles. The number of fused-ring (bicyclic) bond motifs is 1. The standard InChI is InChI=1S/C14H13N3O3S/c1-2-10-12(21-16-15-10)13(18)17-7-9(14(19)20)8-5-3-4-6-11(8)17/h3-6,9H,2,7H2,1H3,(H,19,20). The molecule has 21 heavy (non-hydrogen) atoms. The van der Waals surface area contributed by atoms with Crippen molar-refractivity contribution < 1.29 is 14.7 Å². The van der Waals surface area contributed by atoms with E-state index in [-0.39, 0.29) is 12.5 Å². The van der Waals surface area contributed by atoms with Crippen molar-refractivity contribution >= 4 is 29.1 Å². The van der Waals surface area contributed by atoms with Gasteiger partial charge in [0.25, 0.3) is 5.91 Å². The number of hydrogen-bond acceptors (Lipinski definition) is 5. The molecule has 1 N–H and O–H groups in total. The first-order valence-corrected chi connectivity index (χ1v) is 7.35. The number of aliphatic carboxylic acids is 1. The van der Waals surface area contributed by atoms with Gasteiger partial charge in [-0.3, -0.25) is 9.59 Å². The maximum absolute atomic E-state index is 12.7. The van der Waals surface area contributed by atoms with Gasteiger partial charge in [0.15, 0.2) is 0 Å². The molecule has 2 aromatic rings. The van der Waals surface area contributed by atoms with E-state index in [1.54, 1.807) is 24.3 Å². The fourth-order valence-electron chi connectivity index (χ4n) is 2.54. The summed E-state index contributed by atoms with van der Waals surface area (Å²) in [6.07, 6.45) is 0.620. The summed E-state index contributed by atoms with van der Waals surface area (Å²) in [4.78, 5) is 26.1. The molecule has 1 amide bonds. The lowest BCUT2D eigenvalue weighted by atomic mass is 10.0. The van der Waals surface area contributed by atoms with Crippen molar-refractivity contribution in [1.29, 1.82) is 0 Å². The molecule has 1 aliphatic rings. The highest BCUT2D eigenvalue weighted by Gasteiger charge is 2.37. The number of nitrogens with zero attached hydrogens (tertiary/aromatic N) is 3. The third-order valence-electron chi connectivity index (χ3n) is 3.60. The zero-order valence-electron chi connectivity index (χ0n) is 11.3. The molecule has 1 unspecified atom stereocenters. The first kappa shape index (κ1) is 13.7. The number of anilines is 1. The molecule has 0 bridgehead atoms. The third kappa shape index (κ3) is 2.19. The number of hydrogen-bond donors (Lipinski definition) is 1. The molecule has 0 radical (unpaired) electrons. The predicted molar refractivity (Wildman–Crippen MR) is 77.8 cm³/mol. The lowest BCUT2D eigenvalue weighted by molar-refractivity contribution is -0.138. The molecular formula is C14H13N3O3S. The number of carbonyl (C=O) groups is 2. The summed E-state index contributed by atoms with van der Waals surface area (Å²) in [5.41, 5.74) is 1.99. The number of carboxylic acid groups (broad SMARTS) is 1. The Morgan fingerprint density at radius 3 is 2.90 bits per heavy atom. The number of carbonyl (C=O) groups excluding carboxylic acids is 1. The van der Waals surface area contributed by atoms with Gasteiger partial charge in [-0.1, -0.05) is 29.6 Å². The fraction of sp³-hybridized carbons (Fsp3) is 0.286. The van der Waals surface area contributed by atoms with Crippen LogP contribution in [0.3, 0.4) is 0 Å². The van der Waals surface area contributed by atoms with Crippen LogP contribution in [0.2, 0.25) is 0 Å². The average molecular weight is 303 g/mol. The van der Waals surface area contributed by atoms with Gasteiger partial charge in [-0.05, 0) is 29.6 Å². The van der Waals surface area contributed by atoms with Gasteiger partial charge in [-0.2, -0.15) is 0 Å². The monoisotopic (exact) mass is 303 g/mol. The minimum absolute atomic E-state index is 0.147. The maximum Gasteiger partial charge on any atom is 0.312 e. The lowest BCUT2D eigenvalue weighted by Crippen LogP contribution is -2.31. The highest BCUT2D eigenvalue weighted by Crippen LogP contribution is 2.37. The Hall–Kier alpha value is -2.28. The van der Waals surface area contributed by atoms with Crippen molar-refractivity contribution in [2.45, 2.75) is 19.3 Å². The maximum atomic E-state index is 12.7. The van der Waals surface area contributed by atoms with Crippen LogP contribution in [0.5, 0.6) is 0 Å². The van der Waals surface area contributed by atoms with E-state index in [1.165, 1.54) is 4.90 Å². The van der Waals surface area contributed by atoms with E-state index in [2.05, 4.69) is 9.59 Å². The minimum atomic E-state index is -0.920. The van der Waals surface area contributed by atoms with Crippen LogP contribution >= 0.6 is 11.5 Å². The number of para-hydroxylation sites is 1. The minimum Gasteiger partial charge on any atom is -0.481 e. The number of aromatic nitrogens is 2. The van der Waals surface area contributed by atoms with Crippen LogP contribution in [0.1, 0.15) is 33.8 Å². The summed E-state index contributed by atoms with van der Waals surface area (Å²) in [5, 5.41) is 13.3. The number of benzene rings is 1. The Kier molecular flexibility index (Phi) is 3.42. The Bertz CT molecular complexity index is 713. The Morgan fingerprint density at radius 2 is 2.19 bits per heavy atom. The largest absolute Gasteiger partial charge is 0.481 e. The van der Waals surface area contributed by atoms with Crippen molar-refractivity contribution in [3.63, 3.8) is 0 Å². The van der Waals surface area contributed by atoms with Crippen LogP contribution in [-0.4, -0.2) is 33.1 Å². The van der Waals surface area contributed by atoms with Crippen LogP contribution in [0.15, 0.2) is 24.3 Å². The molecule has 3 rings (SSSR count). The van der Waals surface area contributed by atoms with Crippen molar-refractivity contribution in [3.8, 4) is 0 Å². The second-order valence-corrected chi connectivity index (χ2v) is 5.52. The molecule has 108 valence electrons. The van der Waals surface area contributed by atoms with Gasteiger partial charge in [-0.15, -0.1) is 5.10 Å². The van der Waals surface area contributed by atoms with Gasteiger partial charge >= 0.3 is 5.97 Å². The second kappa shape index (κ2) is 5.25. The summed E-state index contributed by atoms with van der Waals surface area (Å²) in [7, 11) is 0. The van der Waals surface area contributed by atoms with Crippen LogP contribution in [0.4, 0.5) is 5.69 Å². The summed E-state index contributed by atoms with van der Waals surface area (Å²) >= 11 is 1.05. The molecular weight excluding hydrogens is 290 g/mol. The smallest absolute Gasteiger partial charge is 0.312 e. The predicted octanol–water partition coefficient (Wildman–Crippen LogP) is 1.93. The van der Waals surface area contributed by atoms with E-state index in [1.807, 2.05) is 6.92 Å². The van der Waals surface area contributed by atoms with Crippen LogP contribution in [0.25, 0.3) is 0 Å². The average Bonchev–Trinajstić information content (AvgIpc) is 3.11. The van der Waals surface area contributed by atoms with Crippen LogP contribution < -0.4 is 4.90 Å². The number of carboxylic acids is 1. The summed E-state index contributed by atoms with van der Waals surface area (Å²) in [6, 6.07) is 7.12. The summed E-state index contributed by atoms with van der Waals surface area (Å²) in [5.74, 6) is -1.83. The first-order chi connectivity index (χ1) is 10.1. The van der Waals surface area contributed by atoms with Gasteiger partial charge in [0.2, 0.25) is 0 Å². The molecule has 0 saturated heterocycles. The lowest BCUT2D eigenvalue weighted by Gasteiger charge is -2.16. The Morgan fingerprint density at radius 1 is 1.43 bits per heavy atom. The molecule has 0 saturated carbocycles. The Labute approximate surface area is 125 Å². The van der Waals surface area contributed by atoms with Crippen molar-refractivity contribution in [3.05, 3.63) is 40.4 Å². The quantitative estimate of drug-likeness (QED) is 0.936. The zero-order chi connectivity index (χ0) is 15.0. The molecule has 1 aromatic carbocycles. The summed E-state index contributed by atoms with van der Waals surface area (Å²) in [6.45, 7) is 2.06. The van der Waals surface area contributed by atoms with E-state index in [0.29, 0.717) is 28.2 Å². The van der Waals surface area contributed by atoms with Crippen molar-refractivity contribution in [2.24, 2.45) is 0 Å². The van der Waals surface area contributed by atoms with Crippen LogP contribution in [0, 0.1) is 0 Å². The van der Waals surface area contributed by atoms with Gasteiger partial charge in [-0.25, -0.2) is 0 Å². The highest BCUT2D eigenvalue weighted by molar-refractivity contribution is 7.08. The molecule has 1 atom stereocenters. The van der Waals surface area contributed by atoms with E-state index < -0.39 is 11.9 Å². The van der Waals surface area contributed by atoms with Crippen LogP contribution in [-0.2, 0) is 11.2 Å². The van der Waals surface area contributed by atoms with Crippen molar-refractivity contribution in [1.82, 2.24) is 9.59 Å². The van der Waals surface area contributed by atoms with Crippen molar-refractivity contribution in [2.75, 3.05) is 11.4 Å². The summed E-state index contributed by atoms with van der Waals surface area (Å²) < 4.78 is 3.82. The topological polar surface area (TPSA) is 83.4 Å². The molecule has 6 nitrogen and oxygen atoms in total. The van der Waals surface area contributed by atoms with E-state index >= 15 is 0 Å². The van der Waals surface area contributed by atoms with Gasteiger partial charge in [0.05, 0.1) is 5.69 Å². The Balaban J connectivity index is 2.01. The SMILES string of the molecule is CCc1nnsc1C(=O)N1CC(C(=O)O)c2ccccc21. The fourth-order valence-corrected chi connectivity index (χ4v) is 3.24. The molecule has 0 fully saturated rings. The van der Waals surface area contributed by atoms with Gasteiger partial charge in [0, 0.05) is 12.2 Å². The normalized spacial score (nSPS) is 16.8. The number of aryl methyl sites for hydroxylation is 1. The molecule has 0 spiro atoms. The number of rotatable bonds is 3. The molecule has 7 heteroatoms. The zero-order valence-corrected chi connectivity index (χ0v) is 12.1.